The van der Waals surface area contributed by atoms with Crippen molar-refractivity contribution in [2.75, 3.05) is 50.8 Å². The van der Waals surface area contributed by atoms with E-state index in [1.807, 2.05) is 25.7 Å². The average Bonchev–Trinajstić information content (AvgIpc) is 3.88. The van der Waals surface area contributed by atoms with Gasteiger partial charge in [-0.3, -0.25) is 4.90 Å². The molecule has 1 saturated carbocycles. The van der Waals surface area contributed by atoms with Gasteiger partial charge in [0.05, 0.1) is 50.2 Å². The predicted molar refractivity (Wildman–Crippen MR) is 262 cm³/mol. The smallest absolute Gasteiger partial charge is 0.417 e. The van der Waals surface area contributed by atoms with Crippen molar-refractivity contribution < 1.29 is 50.4 Å². The standard InChI is InChI=1S/C54H62F5N7O6/c1-30-42(54(57,58)59)37(25-39(43(30)55)64(26-32-12-17-35(68-7)18-13-32)27-33-14-19-36(69-8)20-15-33)45-44(56)46-41-48(62-50(61-46)70-29-53-22-9-11-40(53)63(6)24-10-23-53)65-28-34-16-21-38(47(65)31(2)71-49(41)60-45)66(34)51(67)72-52(3,4)5/h12-15,17-20,25,31,34,38,40,47H,9-11,16,21-24,26-29H2,1-8H3/t31-,34+,38-,40?,47+,53?/m0/s1. The third kappa shape index (κ3) is 8.95. The van der Waals surface area contributed by atoms with Crippen molar-refractivity contribution in [2.24, 2.45) is 5.41 Å². The summed E-state index contributed by atoms with van der Waals surface area (Å²) in [6, 6.07) is 14.0. The summed E-state index contributed by atoms with van der Waals surface area (Å²) < 4.78 is 112. The Morgan fingerprint density at radius 3 is 2.17 bits per heavy atom. The van der Waals surface area contributed by atoms with Gasteiger partial charge in [-0.1, -0.05) is 30.7 Å². The Morgan fingerprint density at radius 2 is 1.54 bits per heavy atom. The van der Waals surface area contributed by atoms with Crippen LogP contribution in [-0.4, -0.2) is 108 Å². The number of ether oxygens (including phenoxy) is 5. The number of pyridine rings is 1. The Kier molecular flexibility index (Phi) is 12.8. The molecule has 5 aromatic rings. The molecule has 384 valence electrons. The normalized spacial score (nSPS) is 23.8. The maximum atomic E-state index is 18.2. The van der Waals surface area contributed by atoms with E-state index in [0.29, 0.717) is 35.5 Å². The maximum Gasteiger partial charge on any atom is 0.417 e. The number of piperidine rings is 1. The highest BCUT2D eigenvalue weighted by Gasteiger charge is 2.54. The van der Waals surface area contributed by atoms with Crippen LogP contribution in [0.5, 0.6) is 23.4 Å². The number of alkyl halides is 3. The van der Waals surface area contributed by atoms with Crippen LogP contribution in [-0.2, 0) is 24.0 Å². The molecule has 1 amide bonds. The number of fused-ring (bicyclic) bond motifs is 6. The van der Waals surface area contributed by atoms with Crippen molar-refractivity contribution in [3.8, 4) is 34.6 Å². The molecule has 10 rings (SSSR count). The van der Waals surface area contributed by atoms with Crippen LogP contribution in [0, 0.1) is 24.0 Å². The second kappa shape index (κ2) is 18.7. The first kappa shape index (κ1) is 49.4. The Bertz CT molecular complexity index is 2810. The highest BCUT2D eigenvalue weighted by molar-refractivity contribution is 5.98. The van der Waals surface area contributed by atoms with E-state index in [9.17, 15) is 4.79 Å². The first-order chi connectivity index (χ1) is 34.3. The molecule has 2 bridgehead atoms. The van der Waals surface area contributed by atoms with Gasteiger partial charge in [0, 0.05) is 36.7 Å². The number of hydrogen-bond donors (Lipinski definition) is 0. The van der Waals surface area contributed by atoms with Crippen LogP contribution in [0.4, 0.5) is 38.3 Å². The fourth-order valence-corrected chi connectivity index (χ4v) is 12.3. The van der Waals surface area contributed by atoms with Gasteiger partial charge in [0.1, 0.15) is 51.4 Å². The van der Waals surface area contributed by atoms with Gasteiger partial charge >= 0.3 is 18.3 Å². The molecule has 6 heterocycles. The van der Waals surface area contributed by atoms with Crippen LogP contribution < -0.4 is 28.7 Å². The predicted octanol–water partition coefficient (Wildman–Crippen LogP) is 10.9. The second-order valence-electron chi connectivity index (χ2n) is 21.2. The summed E-state index contributed by atoms with van der Waals surface area (Å²) >= 11 is 0. The van der Waals surface area contributed by atoms with Crippen LogP contribution in [0.25, 0.3) is 22.2 Å². The molecule has 13 nitrogen and oxygen atoms in total. The molecule has 72 heavy (non-hydrogen) atoms. The number of amides is 1. The number of hydrogen-bond acceptors (Lipinski definition) is 12. The molecule has 5 aliphatic rings. The number of aromatic nitrogens is 3. The number of halogens is 5. The van der Waals surface area contributed by atoms with Gasteiger partial charge in [-0.25, -0.2) is 18.6 Å². The summed E-state index contributed by atoms with van der Waals surface area (Å²) in [5.41, 5.74) is -3.67. The van der Waals surface area contributed by atoms with E-state index in [-0.39, 0.29) is 78.0 Å². The molecule has 6 atom stereocenters. The molecule has 0 radical (unpaired) electrons. The van der Waals surface area contributed by atoms with Gasteiger partial charge in [0.15, 0.2) is 5.82 Å². The third-order valence-electron chi connectivity index (χ3n) is 15.6. The highest BCUT2D eigenvalue weighted by atomic mass is 19.4. The maximum absolute atomic E-state index is 18.2. The quantitative estimate of drug-likeness (QED) is 0.117. The largest absolute Gasteiger partial charge is 0.497 e. The van der Waals surface area contributed by atoms with E-state index in [2.05, 4.69) is 16.9 Å². The Morgan fingerprint density at radius 1 is 0.889 bits per heavy atom. The van der Waals surface area contributed by atoms with E-state index in [1.54, 1.807) is 65.3 Å². The van der Waals surface area contributed by atoms with Gasteiger partial charge in [-0.05, 0) is 134 Å². The Labute approximate surface area is 416 Å². The lowest BCUT2D eigenvalue weighted by molar-refractivity contribution is -0.137. The number of carbonyl (C=O) groups is 1. The van der Waals surface area contributed by atoms with Crippen molar-refractivity contribution >= 4 is 28.5 Å². The lowest BCUT2D eigenvalue weighted by Crippen LogP contribution is -2.65. The minimum atomic E-state index is -5.17. The molecule has 2 unspecified atom stereocenters. The molecule has 4 fully saturated rings. The van der Waals surface area contributed by atoms with Crippen molar-refractivity contribution in [3.05, 3.63) is 88.5 Å². The molecular formula is C54H62F5N7O6. The summed E-state index contributed by atoms with van der Waals surface area (Å²) in [5, 5.41) is 0.0608. The van der Waals surface area contributed by atoms with Crippen LogP contribution in [0.15, 0.2) is 54.6 Å². The molecule has 2 aromatic heterocycles. The Hall–Kier alpha value is -6.17. The number of carbonyl (C=O) groups excluding carboxylic acids is 1. The van der Waals surface area contributed by atoms with Gasteiger partial charge in [0.2, 0.25) is 5.88 Å². The first-order valence-corrected chi connectivity index (χ1v) is 24.9. The van der Waals surface area contributed by atoms with E-state index in [4.69, 9.17) is 33.7 Å². The van der Waals surface area contributed by atoms with Crippen molar-refractivity contribution in [1.29, 1.82) is 0 Å². The van der Waals surface area contributed by atoms with Crippen LogP contribution in [0.3, 0.4) is 0 Å². The third-order valence-corrected chi connectivity index (χ3v) is 15.6. The lowest BCUT2D eigenvalue weighted by Gasteiger charge is -2.48. The molecule has 0 spiro atoms. The highest BCUT2D eigenvalue weighted by Crippen LogP contribution is 2.51. The molecule has 3 saturated heterocycles. The van der Waals surface area contributed by atoms with Gasteiger partial charge in [0.25, 0.3) is 0 Å². The lowest BCUT2D eigenvalue weighted by atomic mass is 9.76. The van der Waals surface area contributed by atoms with Crippen LogP contribution in [0.1, 0.15) is 94.9 Å². The van der Waals surface area contributed by atoms with Gasteiger partial charge < -0.3 is 38.4 Å². The van der Waals surface area contributed by atoms with Gasteiger partial charge in [-0.2, -0.15) is 23.1 Å². The molecule has 4 aliphatic heterocycles. The average molecular weight is 1000 g/mol. The molecule has 1 aliphatic carbocycles. The van der Waals surface area contributed by atoms with E-state index in [1.165, 1.54) is 14.2 Å². The summed E-state index contributed by atoms with van der Waals surface area (Å²) in [6.45, 7) is 9.86. The van der Waals surface area contributed by atoms with E-state index >= 15 is 22.0 Å². The summed E-state index contributed by atoms with van der Waals surface area (Å²) in [4.78, 5) is 36.0. The number of benzene rings is 3. The van der Waals surface area contributed by atoms with Crippen LogP contribution >= 0.6 is 0 Å². The summed E-state index contributed by atoms with van der Waals surface area (Å²) in [6.07, 6.45) is -0.257. The van der Waals surface area contributed by atoms with Crippen molar-refractivity contribution in [1.82, 2.24) is 24.8 Å². The fraction of sp³-hybridized carbons (Fsp3) is 0.519. The number of nitrogens with zero attached hydrogens (tertiary/aromatic N) is 7. The number of likely N-dealkylation sites (tertiary alicyclic amines) is 1. The molecule has 3 aromatic carbocycles. The summed E-state index contributed by atoms with van der Waals surface area (Å²) in [7, 11) is 5.19. The number of anilines is 2. The monoisotopic (exact) mass is 999 g/mol. The van der Waals surface area contributed by atoms with Gasteiger partial charge in [-0.15, -0.1) is 0 Å². The van der Waals surface area contributed by atoms with E-state index in [0.717, 1.165) is 51.6 Å². The SMILES string of the molecule is COc1ccc(CN(Cc2ccc(OC)cc2)c2cc(-c3nc4c5c(nc(OCC67CCCC6N(C)CCC7)nc5c3F)N3C[C@H]5CC[C@@H]([C@H]3[C@H](C)O4)N5C(=O)OC(C)(C)C)c(C(F)(F)F)c(C)c2F)cc1. The molecule has 0 N–H and O–H groups in total. The zero-order valence-electron chi connectivity index (χ0n) is 42.0. The van der Waals surface area contributed by atoms with Crippen LogP contribution in [0.2, 0.25) is 0 Å². The van der Waals surface area contributed by atoms with Crippen molar-refractivity contribution in [3.63, 3.8) is 0 Å². The number of rotatable bonds is 11. The van der Waals surface area contributed by atoms with E-state index < -0.39 is 70.1 Å². The summed E-state index contributed by atoms with van der Waals surface area (Å²) in [5.74, 6) is -1.09. The zero-order valence-corrected chi connectivity index (χ0v) is 42.0. The zero-order chi connectivity index (χ0) is 51.0. The topological polar surface area (TPSA) is 115 Å². The Balaban J connectivity index is 1.15. The molecular weight excluding hydrogens is 938 g/mol. The van der Waals surface area contributed by atoms with Crippen molar-refractivity contribution in [2.45, 2.75) is 135 Å². The number of methoxy groups -OCH3 is 2. The number of piperazine rings is 1. The first-order valence-electron chi connectivity index (χ1n) is 24.9. The minimum absolute atomic E-state index is 0.0474. The molecule has 18 heteroatoms. The second-order valence-corrected chi connectivity index (χ2v) is 21.2. The fourth-order valence-electron chi connectivity index (χ4n) is 12.3. The minimum Gasteiger partial charge on any atom is -0.497 e.